The third-order valence-electron chi connectivity index (χ3n) is 1.18. The van der Waals surface area contributed by atoms with Gasteiger partial charge in [-0.15, -0.1) is 0 Å². The van der Waals surface area contributed by atoms with Crippen LogP contribution in [0.2, 0.25) is 0 Å². The van der Waals surface area contributed by atoms with Crippen molar-refractivity contribution in [2.24, 2.45) is 0 Å². The van der Waals surface area contributed by atoms with Crippen LogP contribution in [0.5, 0.6) is 0 Å². The van der Waals surface area contributed by atoms with Gasteiger partial charge in [0.15, 0.2) is 6.29 Å². The molecule has 72 valence electrons. The van der Waals surface area contributed by atoms with E-state index in [0.29, 0.717) is 6.61 Å². The van der Waals surface area contributed by atoms with Gasteiger partial charge in [0, 0.05) is 6.16 Å². The van der Waals surface area contributed by atoms with Gasteiger partial charge in [0.2, 0.25) is 0 Å². The second kappa shape index (κ2) is 5.49. The molecular formula is C7H15O4P. The Bertz CT molecular complexity index is 180. The summed E-state index contributed by atoms with van der Waals surface area (Å²) in [6, 6.07) is 0. The maximum Gasteiger partial charge on any atom is 0.332 e. The summed E-state index contributed by atoms with van der Waals surface area (Å²) in [6.45, 7) is 6.98. The standard InChI is InChI=1S/C7H15O4P/c1-4-7(8)11-12(9,6-3)10-5-2/h4,7-8H,1,5-6H2,2-3H3. The van der Waals surface area contributed by atoms with Crippen LogP contribution in [-0.2, 0) is 13.6 Å². The minimum atomic E-state index is -3.09. The zero-order valence-corrected chi connectivity index (χ0v) is 8.29. The molecule has 0 aliphatic carbocycles. The van der Waals surface area contributed by atoms with Gasteiger partial charge in [0.05, 0.1) is 6.61 Å². The average Bonchev–Trinajstić information content (AvgIpc) is 2.05. The Kier molecular flexibility index (Phi) is 5.42. The Morgan fingerprint density at radius 2 is 2.25 bits per heavy atom. The van der Waals surface area contributed by atoms with Crippen molar-refractivity contribution in [1.82, 2.24) is 0 Å². The molecule has 0 aliphatic rings. The van der Waals surface area contributed by atoms with Gasteiger partial charge in [-0.1, -0.05) is 13.5 Å². The molecule has 2 atom stereocenters. The highest BCUT2D eigenvalue weighted by Crippen LogP contribution is 2.48. The first-order chi connectivity index (χ1) is 5.58. The molecule has 0 radical (unpaired) electrons. The van der Waals surface area contributed by atoms with Crippen molar-refractivity contribution in [3.8, 4) is 0 Å². The molecule has 0 bridgehead atoms. The van der Waals surface area contributed by atoms with Crippen molar-refractivity contribution in [3.05, 3.63) is 12.7 Å². The average molecular weight is 194 g/mol. The van der Waals surface area contributed by atoms with Gasteiger partial charge in [-0.05, 0) is 13.0 Å². The predicted molar refractivity (Wildman–Crippen MR) is 47.1 cm³/mol. The smallest absolute Gasteiger partial charge is 0.332 e. The summed E-state index contributed by atoms with van der Waals surface area (Å²) >= 11 is 0. The maximum absolute atomic E-state index is 11.5. The zero-order valence-electron chi connectivity index (χ0n) is 7.40. The van der Waals surface area contributed by atoms with Gasteiger partial charge in [-0.3, -0.25) is 9.09 Å². The SMILES string of the molecule is C=CC(O)OP(=O)(CC)OCC. The lowest BCUT2D eigenvalue weighted by Crippen LogP contribution is -2.08. The van der Waals surface area contributed by atoms with Gasteiger partial charge >= 0.3 is 7.60 Å². The molecule has 0 aromatic heterocycles. The summed E-state index contributed by atoms with van der Waals surface area (Å²) in [5.74, 6) is 0. The van der Waals surface area contributed by atoms with Crippen LogP contribution in [0.15, 0.2) is 12.7 Å². The van der Waals surface area contributed by atoms with Crippen LogP contribution in [0.25, 0.3) is 0 Å². The van der Waals surface area contributed by atoms with Gasteiger partial charge in [-0.2, -0.15) is 0 Å². The number of hydrogen-bond acceptors (Lipinski definition) is 4. The quantitative estimate of drug-likeness (QED) is 0.397. The van der Waals surface area contributed by atoms with Gasteiger partial charge < -0.3 is 9.63 Å². The summed E-state index contributed by atoms with van der Waals surface area (Å²) in [4.78, 5) is 0. The Hall–Kier alpha value is -0.150. The molecule has 2 unspecified atom stereocenters. The van der Waals surface area contributed by atoms with E-state index >= 15 is 0 Å². The Morgan fingerprint density at radius 3 is 2.58 bits per heavy atom. The van der Waals surface area contributed by atoms with Crippen molar-refractivity contribution in [2.45, 2.75) is 20.1 Å². The fraction of sp³-hybridized carbons (Fsp3) is 0.714. The monoisotopic (exact) mass is 194 g/mol. The van der Waals surface area contributed by atoms with Gasteiger partial charge in [-0.25, -0.2) is 0 Å². The van der Waals surface area contributed by atoms with Crippen molar-refractivity contribution >= 4 is 7.60 Å². The van der Waals surface area contributed by atoms with Crippen LogP contribution in [0.3, 0.4) is 0 Å². The fourth-order valence-electron chi connectivity index (χ4n) is 0.601. The predicted octanol–water partition coefficient (Wildman–Crippen LogP) is 1.76. The third-order valence-corrected chi connectivity index (χ3v) is 3.15. The van der Waals surface area contributed by atoms with E-state index in [-0.39, 0.29) is 6.16 Å². The van der Waals surface area contributed by atoms with E-state index in [1.807, 2.05) is 0 Å². The largest absolute Gasteiger partial charge is 0.364 e. The molecule has 0 fully saturated rings. The third kappa shape index (κ3) is 4.02. The second-order valence-corrected chi connectivity index (χ2v) is 4.40. The number of aliphatic hydroxyl groups is 1. The lowest BCUT2D eigenvalue weighted by molar-refractivity contribution is 0.0115. The molecule has 12 heavy (non-hydrogen) atoms. The van der Waals surface area contributed by atoms with Crippen molar-refractivity contribution in [3.63, 3.8) is 0 Å². The van der Waals surface area contributed by atoms with E-state index in [2.05, 4.69) is 6.58 Å². The molecule has 0 heterocycles. The van der Waals surface area contributed by atoms with E-state index in [1.54, 1.807) is 13.8 Å². The number of aliphatic hydroxyl groups excluding tert-OH is 1. The second-order valence-electron chi connectivity index (χ2n) is 2.08. The maximum atomic E-state index is 11.5. The van der Waals surface area contributed by atoms with Crippen LogP contribution in [0.4, 0.5) is 0 Å². The summed E-state index contributed by atoms with van der Waals surface area (Å²) < 4.78 is 21.1. The lowest BCUT2D eigenvalue weighted by Gasteiger charge is -2.17. The number of rotatable bonds is 6. The highest BCUT2D eigenvalue weighted by molar-refractivity contribution is 7.53. The fourth-order valence-corrected chi connectivity index (χ4v) is 1.80. The molecule has 1 N–H and O–H groups in total. The zero-order chi connectivity index (χ0) is 9.61. The Morgan fingerprint density at radius 1 is 1.67 bits per heavy atom. The topological polar surface area (TPSA) is 55.8 Å². The molecular weight excluding hydrogens is 179 g/mol. The molecule has 0 rings (SSSR count). The van der Waals surface area contributed by atoms with Crippen molar-refractivity contribution in [2.75, 3.05) is 12.8 Å². The highest BCUT2D eigenvalue weighted by Gasteiger charge is 2.23. The van der Waals surface area contributed by atoms with Crippen LogP contribution in [0.1, 0.15) is 13.8 Å². The molecule has 0 aliphatic heterocycles. The van der Waals surface area contributed by atoms with E-state index in [0.717, 1.165) is 6.08 Å². The first-order valence-electron chi connectivity index (χ1n) is 3.80. The van der Waals surface area contributed by atoms with Gasteiger partial charge in [0.25, 0.3) is 0 Å². The van der Waals surface area contributed by atoms with Crippen LogP contribution >= 0.6 is 7.60 Å². The molecule has 4 nitrogen and oxygen atoms in total. The normalized spacial score (nSPS) is 18.2. The van der Waals surface area contributed by atoms with E-state index in [4.69, 9.17) is 14.2 Å². The summed E-state index contributed by atoms with van der Waals surface area (Å²) in [6.07, 6.45) is 0.176. The van der Waals surface area contributed by atoms with Gasteiger partial charge in [0.1, 0.15) is 0 Å². The molecule has 0 spiro atoms. The summed E-state index contributed by atoms with van der Waals surface area (Å²) in [7, 11) is -3.09. The highest BCUT2D eigenvalue weighted by atomic mass is 31.2. The molecule has 5 heteroatoms. The molecule has 0 aromatic rings. The first-order valence-corrected chi connectivity index (χ1v) is 5.53. The first kappa shape index (κ1) is 11.8. The molecule has 0 amide bonds. The minimum Gasteiger partial charge on any atom is -0.364 e. The van der Waals surface area contributed by atoms with Crippen LogP contribution < -0.4 is 0 Å². The Labute approximate surface area is 72.7 Å². The summed E-state index contributed by atoms with van der Waals surface area (Å²) in [5, 5.41) is 8.96. The van der Waals surface area contributed by atoms with Crippen molar-refractivity contribution < 1.29 is 18.7 Å². The molecule has 0 aromatic carbocycles. The van der Waals surface area contributed by atoms with E-state index in [9.17, 15) is 4.57 Å². The number of hydrogen-bond donors (Lipinski definition) is 1. The van der Waals surface area contributed by atoms with Crippen molar-refractivity contribution in [1.29, 1.82) is 0 Å². The van der Waals surface area contributed by atoms with Crippen LogP contribution in [0, 0.1) is 0 Å². The summed E-state index contributed by atoms with van der Waals surface area (Å²) in [5.41, 5.74) is 0. The van der Waals surface area contributed by atoms with Crippen LogP contribution in [-0.4, -0.2) is 24.2 Å². The van der Waals surface area contributed by atoms with E-state index in [1.165, 1.54) is 0 Å². The Balaban J connectivity index is 4.13. The minimum absolute atomic E-state index is 0.242. The molecule has 0 saturated heterocycles. The molecule has 0 saturated carbocycles. The van der Waals surface area contributed by atoms with E-state index < -0.39 is 13.9 Å². The lowest BCUT2D eigenvalue weighted by atomic mass is 10.6.